The molecule has 16 heavy (non-hydrogen) atoms. The van der Waals surface area contributed by atoms with Crippen LogP contribution in [-0.2, 0) is 17.8 Å². The van der Waals surface area contributed by atoms with Crippen LogP contribution in [0.2, 0.25) is 0 Å². The molecule has 0 saturated carbocycles. The third-order valence-corrected chi connectivity index (χ3v) is 2.82. The van der Waals surface area contributed by atoms with Gasteiger partial charge in [-0.25, -0.2) is 9.97 Å². The predicted octanol–water partition coefficient (Wildman–Crippen LogP) is 0.997. The van der Waals surface area contributed by atoms with Crippen molar-refractivity contribution in [1.29, 1.82) is 0 Å². The zero-order chi connectivity index (χ0) is 11.0. The molecule has 6 nitrogen and oxygen atoms in total. The first-order valence-electron chi connectivity index (χ1n) is 4.90. The van der Waals surface area contributed by atoms with Crippen molar-refractivity contribution in [3.63, 3.8) is 0 Å². The second-order valence-electron chi connectivity index (χ2n) is 3.48. The van der Waals surface area contributed by atoms with Crippen LogP contribution >= 0.6 is 12.2 Å². The first kappa shape index (κ1) is 9.61. The molecule has 0 aromatic carbocycles. The summed E-state index contributed by atoms with van der Waals surface area (Å²) >= 11 is 5.23. The van der Waals surface area contributed by atoms with Gasteiger partial charge in [-0.3, -0.25) is 5.10 Å². The maximum absolute atomic E-state index is 5.34. The highest BCUT2D eigenvalue weighted by atomic mass is 32.1. The van der Waals surface area contributed by atoms with Gasteiger partial charge in [0.1, 0.15) is 11.0 Å². The quantitative estimate of drug-likeness (QED) is 0.721. The fourth-order valence-electron chi connectivity index (χ4n) is 1.69. The van der Waals surface area contributed by atoms with Crippen LogP contribution in [0.15, 0.2) is 6.33 Å². The smallest absolute Gasteiger partial charge is 0.191 e. The lowest BCUT2D eigenvalue weighted by atomic mass is 10.1. The van der Waals surface area contributed by atoms with E-state index in [-0.39, 0.29) is 0 Å². The average molecular weight is 235 g/mol. The molecule has 1 aliphatic heterocycles. The zero-order valence-corrected chi connectivity index (χ0v) is 9.17. The maximum Gasteiger partial charge on any atom is 0.191 e. The fraction of sp³-hybridized carbons (Fsp3) is 0.333. The summed E-state index contributed by atoms with van der Waals surface area (Å²) in [7, 11) is 0. The van der Waals surface area contributed by atoms with Gasteiger partial charge in [-0.2, -0.15) is 5.10 Å². The molecule has 3 rings (SSSR count). The minimum Gasteiger partial charge on any atom is -0.376 e. The molecule has 0 saturated heterocycles. The van der Waals surface area contributed by atoms with Crippen LogP contribution in [0.25, 0.3) is 11.6 Å². The molecule has 0 bridgehead atoms. The van der Waals surface area contributed by atoms with E-state index in [0.29, 0.717) is 29.5 Å². The Bertz CT molecular complexity index is 562. The Labute approximate surface area is 96.1 Å². The van der Waals surface area contributed by atoms with Crippen molar-refractivity contribution in [2.24, 2.45) is 0 Å². The summed E-state index contributed by atoms with van der Waals surface area (Å²) in [6, 6.07) is 0. The minimum atomic E-state index is 0.536. The molecule has 0 unspecified atom stereocenters. The third-order valence-electron chi connectivity index (χ3n) is 2.49. The van der Waals surface area contributed by atoms with Crippen LogP contribution in [0.1, 0.15) is 11.3 Å². The van der Waals surface area contributed by atoms with Crippen LogP contribution in [0, 0.1) is 4.64 Å². The van der Waals surface area contributed by atoms with E-state index in [1.165, 1.54) is 6.33 Å². The Morgan fingerprint density at radius 2 is 2.31 bits per heavy atom. The van der Waals surface area contributed by atoms with E-state index in [4.69, 9.17) is 17.0 Å². The van der Waals surface area contributed by atoms with Crippen molar-refractivity contribution in [3.05, 3.63) is 22.2 Å². The molecule has 2 N–H and O–H groups in total. The Hall–Kier alpha value is -1.60. The van der Waals surface area contributed by atoms with E-state index < -0.39 is 0 Å². The molecule has 0 aliphatic carbocycles. The third kappa shape index (κ3) is 1.54. The Morgan fingerprint density at radius 1 is 1.38 bits per heavy atom. The highest BCUT2D eigenvalue weighted by Gasteiger charge is 2.15. The monoisotopic (exact) mass is 235 g/mol. The summed E-state index contributed by atoms with van der Waals surface area (Å²) in [6.07, 6.45) is 2.26. The molecule has 2 aromatic heterocycles. The van der Waals surface area contributed by atoms with Crippen LogP contribution in [0.5, 0.6) is 0 Å². The Balaban J connectivity index is 2.16. The standard InChI is InChI=1S/C9H9N5OS/c16-9-5-3-15-2-1-6(5)12-8(13-9)7-10-4-11-14-7/h4H,1-3H2,(H,10,11,14)(H,12,13,16). The Kier molecular flexibility index (Phi) is 2.26. The fourth-order valence-corrected chi connectivity index (χ4v) is 1.96. The molecule has 0 amide bonds. The minimum absolute atomic E-state index is 0.536. The number of rotatable bonds is 1. The van der Waals surface area contributed by atoms with Crippen molar-refractivity contribution in [3.8, 4) is 11.6 Å². The van der Waals surface area contributed by atoms with Gasteiger partial charge in [-0.15, -0.1) is 0 Å². The van der Waals surface area contributed by atoms with E-state index in [2.05, 4.69) is 25.1 Å². The topological polar surface area (TPSA) is 79.5 Å². The van der Waals surface area contributed by atoms with Crippen molar-refractivity contribution in [2.75, 3.05) is 6.61 Å². The van der Waals surface area contributed by atoms with Crippen LogP contribution in [-0.4, -0.2) is 31.8 Å². The number of aromatic nitrogens is 5. The number of nitrogens with zero attached hydrogens (tertiary/aromatic N) is 3. The number of hydrogen-bond donors (Lipinski definition) is 2. The average Bonchev–Trinajstić information content (AvgIpc) is 2.82. The lowest BCUT2D eigenvalue weighted by molar-refractivity contribution is 0.108. The lowest BCUT2D eigenvalue weighted by Crippen LogP contribution is -2.14. The zero-order valence-electron chi connectivity index (χ0n) is 8.36. The predicted molar refractivity (Wildman–Crippen MR) is 58.2 cm³/mol. The van der Waals surface area contributed by atoms with Gasteiger partial charge in [0.2, 0.25) is 0 Å². The normalized spacial score (nSPS) is 14.8. The largest absolute Gasteiger partial charge is 0.376 e. The van der Waals surface area contributed by atoms with E-state index in [1.54, 1.807) is 0 Å². The van der Waals surface area contributed by atoms with Gasteiger partial charge >= 0.3 is 0 Å². The Morgan fingerprint density at radius 3 is 3.12 bits per heavy atom. The lowest BCUT2D eigenvalue weighted by Gasteiger charge is -2.16. The first-order valence-corrected chi connectivity index (χ1v) is 5.31. The van der Waals surface area contributed by atoms with E-state index in [0.717, 1.165) is 17.7 Å². The number of nitrogens with one attached hydrogen (secondary N) is 2. The van der Waals surface area contributed by atoms with Gasteiger partial charge in [0.25, 0.3) is 0 Å². The van der Waals surface area contributed by atoms with Gasteiger partial charge in [0, 0.05) is 17.7 Å². The van der Waals surface area contributed by atoms with Crippen LogP contribution in [0.3, 0.4) is 0 Å². The number of hydrogen-bond acceptors (Lipinski definition) is 5. The second kappa shape index (κ2) is 3.76. The van der Waals surface area contributed by atoms with Crippen LogP contribution < -0.4 is 0 Å². The number of fused-ring (bicyclic) bond motifs is 1. The highest BCUT2D eigenvalue weighted by Crippen LogP contribution is 2.18. The highest BCUT2D eigenvalue weighted by molar-refractivity contribution is 7.71. The summed E-state index contributed by atoms with van der Waals surface area (Å²) in [5.41, 5.74) is 2.06. The number of H-pyrrole nitrogens is 2. The molecule has 0 atom stereocenters. The number of ether oxygens (including phenoxy) is 1. The van der Waals surface area contributed by atoms with Gasteiger partial charge in [0.15, 0.2) is 11.6 Å². The van der Waals surface area contributed by atoms with Crippen LogP contribution in [0.4, 0.5) is 0 Å². The summed E-state index contributed by atoms with van der Waals surface area (Å²) in [6.45, 7) is 1.24. The van der Waals surface area contributed by atoms with E-state index >= 15 is 0 Å². The molecule has 3 heterocycles. The molecule has 7 heteroatoms. The molecule has 1 aliphatic rings. The van der Waals surface area contributed by atoms with Gasteiger partial charge < -0.3 is 9.72 Å². The first-order chi connectivity index (χ1) is 7.84. The summed E-state index contributed by atoms with van der Waals surface area (Å²) in [4.78, 5) is 11.5. The van der Waals surface area contributed by atoms with Gasteiger partial charge in [-0.1, -0.05) is 12.2 Å². The molecular formula is C9H9N5OS. The summed E-state index contributed by atoms with van der Waals surface area (Å²) < 4.78 is 5.91. The van der Waals surface area contributed by atoms with Crippen molar-refractivity contribution < 1.29 is 4.74 Å². The van der Waals surface area contributed by atoms with Gasteiger partial charge in [0.05, 0.1) is 13.2 Å². The molecule has 2 aromatic rings. The summed E-state index contributed by atoms with van der Waals surface area (Å²) in [5, 5.41) is 6.54. The molecular weight excluding hydrogens is 226 g/mol. The molecule has 0 spiro atoms. The molecule has 0 radical (unpaired) electrons. The van der Waals surface area contributed by atoms with Crippen molar-refractivity contribution in [2.45, 2.75) is 13.0 Å². The van der Waals surface area contributed by atoms with Gasteiger partial charge in [-0.05, 0) is 0 Å². The maximum atomic E-state index is 5.34. The molecule has 82 valence electrons. The summed E-state index contributed by atoms with van der Waals surface area (Å²) in [5.74, 6) is 1.23. The van der Waals surface area contributed by atoms with E-state index in [9.17, 15) is 0 Å². The van der Waals surface area contributed by atoms with Crippen molar-refractivity contribution >= 4 is 12.2 Å². The second-order valence-corrected chi connectivity index (χ2v) is 3.87. The van der Waals surface area contributed by atoms with E-state index in [1.807, 2.05) is 0 Å². The SMILES string of the molecule is S=c1nc(-c2ncn[nH]2)[nH]c2c1COCC2. The number of aromatic amines is 2. The molecule has 0 fully saturated rings. The van der Waals surface area contributed by atoms with Crippen molar-refractivity contribution in [1.82, 2.24) is 25.1 Å².